The molecule has 0 radical (unpaired) electrons. The number of hydrogen-bond donors (Lipinski definition) is 2. The molecule has 26 heavy (non-hydrogen) atoms. The first-order valence-corrected chi connectivity index (χ1v) is 9.38. The van der Waals surface area contributed by atoms with Crippen LogP contribution in [-0.2, 0) is 12.7 Å². The summed E-state index contributed by atoms with van der Waals surface area (Å²) in [5.74, 6) is 0.134. The molecule has 0 bridgehead atoms. The summed E-state index contributed by atoms with van der Waals surface area (Å²) in [4.78, 5) is 6.79. The molecule has 1 saturated heterocycles. The van der Waals surface area contributed by atoms with Gasteiger partial charge in [0.05, 0.1) is 24.0 Å². The molecule has 4 nitrogen and oxygen atoms in total. The number of piperidine rings is 1. The minimum absolute atomic E-state index is 0.134. The maximum absolute atomic E-state index is 12.6. The zero-order valence-electron chi connectivity index (χ0n) is 14.1. The number of thiazole rings is 1. The number of nitrogens with zero attached hydrogens (tertiary/aromatic N) is 2. The van der Waals surface area contributed by atoms with E-state index in [0.717, 1.165) is 43.8 Å². The molecule has 142 valence electrons. The van der Waals surface area contributed by atoms with Gasteiger partial charge in [-0.2, -0.15) is 13.2 Å². The van der Waals surface area contributed by atoms with Gasteiger partial charge in [-0.1, -0.05) is 12.1 Å². The topological polar surface area (TPSA) is 56.6 Å². The second-order valence-electron chi connectivity index (χ2n) is 6.58. The van der Waals surface area contributed by atoms with Gasteiger partial charge in [-0.25, -0.2) is 4.98 Å². The number of rotatable bonds is 5. The fourth-order valence-electron chi connectivity index (χ4n) is 3.19. The first-order chi connectivity index (χ1) is 12.4. The van der Waals surface area contributed by atoms with E-state index in [0.29, 0.717) is 17.1 Å². The number of hydrogen-bond acceptors (Lipinski definition) is 5. The Morgan fingerprint density at radius 2 is 1.85 bits per heavy atom. The van der Waals surface area contributed by atoms with Gasteiger partial charge in [-0.3, -0.25) is 4.90 Å². The summed E-state index contributed by atoms with van der Waals surface area (Å²) in [5, 5.41) is 21.4. The predicted molar refractivity (Wildman–Crippen MR) is 93.6 cm³/mol. The van der Waals surface area contributed by atoms with Gasteiger partial charge in [0.15, 0.2) is 0 Å². The summed E-state index contributed by atoms with van der Waals surface area (Å²) < 4.78 is 37.9. The predicted octanol–water partition coefficient (Wildman–Crippen LogP) is 3.39. The molecular formula is C18H21F3N2O2S. The molecule has 0 amide bonds. The summed E-state index contributed by atoms with van der Waals surface area (Å²) in [6.07, 6.45) is -3.32. The van der Waals surface area contributed by atoms with Crippen molar-refractivity contribution in [2.75, 3.05) is 19.7 Å². The van der Waals surface area contributed by atoms with E-state index in [2.05, 4.69) is 9.88 Å². The Kier molecular flexibility index (Phi) is 5.96. The smallest absolute Gasteiger partial charge is 0.394 e. The quantitative estimate of drug-likeness (QED) is 0.827. The molecule has 1 fully saturated rings. The Balaban J connectivity index is 1.59. The maximum Gasteiger partial charge on any atom is 0.416 e. The molecule has 2 N–H and O–H groups in total. The van der Waals surface area contributed by atoms with Crippen LogP contribution in [-0.4, -0.2) is 45.9 Å². The van der Waals surface area contributed by atoms with Crippen molar-refractivity contribution in [2.24, 2.45) is 5.92 Å². The van der Waals surface area contributed by atoms with Gasteiger partial charge < -0.3 is 10.2 Å². The van der Waals surface area contributed by atoms with Crippen molar-refractivity contribution >= 4 is 11.3 Å². The molecule has 0 spiro atoms. The number of likely N-dealkylation sites (tertiary alicyclic amines) is 1. The number of aliphatic hydroxyl groups is 2. The molecule has 1 aliphatic heterocycles. The monoisotopic (exact) mass is 386 g/mol. The van der Waals surface area contributed by atoms with Crippen molar-refractivity contribution in [3.05, 3.63) is 40.9 Å². The summed E-state index contributed by atoms with van der Waals surface area (Å²) in [5.41, 5.74) is 0.913. The van der Waals surface area contributed by atoms with Gasteiger partial charge in [-0.15, -0.1) is 11.3 Å². The molecule has 1 aromatic carbocycles. The number of aliphatic hydroxyl groups excluding tert-OH is 2. The molecular weight excluding hydrogens is 365 g/mol. The lowest BCUT2D eigenvalue weighted by atomic mass is 9.91. The van der Waals surface area contributed by atoms with Crippen LogP contribution < -0.4 is 0 Å². The Bertz CT molecular complexity index is 710. The van der Waals surface area contributed by atoms with Crippen molar-refractivity contribution < 1.29 is 23.4 Å². The van der Waals surface area contributed by atoms with E-state index >= 15 is 0 Å². The summed E-state index contributed by atoms with van der Waals surface area (Å²) >= 11 is 1.42. The lowest BCUT2D eigenvalue weighted by Crippen LogP contribution is -2.38. The van der Waals surface area contributed by atoms with Gasteiger partial charge in [0.1, 0.15) is 5.01 Å². The van der Waals surface area contributed by atoms with E-state index in [9.17, 15) is 18.3 Å². The first kappa shape index (κ1) is 19.3. The van der Waals surface area contributed by atoms with Crippen LogP contribution in [0, 0.1) is 5.92 Å². The van der Waals surface area contributed by atoms with Gasteiger partial charge >= 0.3 is 6.18 Å². The first-order valence-electron chi connectivity index (χ1n) is 8.50. The van der Waals surface area contributed by atoms with Crippen LogP contribution in [0.3, 0.4) is 0 Å². The molecule has 8 heteroatoms. The standard InChI is InChI=1S/C18H21F3N2O2S/c19-18(20,21)14-3-1-13(2-4-14)17-22-15(11-26-17)9-23-7-5-12(6-8-23)16(25)10-24/h1-4,11-12,16,24-25H,5-10H2. The average Bonchev–Trinajstić information content (AvgIpc) is 3.09. The number of benzene rings is 1. The highest BCUT2D eigenvalue weighted by atomic mass is 32.1. The Labute approximate surface area is 153 Å². The molecule has 0 aliphatic carbocycles. The summed E-state index contributed by atoms with van der Waals surface area (Å²) in [6.45, 7) is 2.13. The van der Waals surface area contributed by atoms with E-state index in [1.54, 1.807) is 0 Å². The highest BCUT2D eigenvalue weighted by molar-refractivity contribution is 7.13. The van der Waals surface area contributed by atoms with Crippen molar-refractivity contribution in [3.8, 4) is 10.6 Å². The Hall–Kier alpha value is -1.48. The molecule has 2 heterocycles. The normalized spacial score (nSPS) is 18.2. The third-order valence-corrected chi connectivity index (χ3v) is 5.70. The summed E-state index contributed by atoms with van der Waals surface area (Å²) in [6, 6.07) is 5.06. The van der Waals surface area contributed by atoms with E-state index in [1.165, 1.54) is 23.5 Å². The van der Waals surface area contributed by atoms with Gasteiger partial charge in [0, 0.05) is 17.5 Å². The molecule has 3 rings (SSSR count). The molecule has 0 saturated carbocycles. The zero-order valence-corrected chi connectivity index (χ0v) is 14.9. The number of aromatic nitrogens is 1. The minimum atomic E-state index is -4.33. The van der Waals surface area contributed by atoms with Crippen molar-refractivity contribution in [1.82, 2.24) is 9.88 Å². The van der Waals surface area contributed by atoms with Gasteiger partial charge in [0.25, 0.3) is 0 Å². The largest absolute Gasteiger partial charge is 0.416 e. The van der Waals surface area contributed by atoms with Gasteiger partial charge in [-0.05, 0) is 44.0 Å². The second-order valence-corrected chi connectivity index (χ2v) is 7.44. The Morgan fingerprint density at radius 1 is 1.19 bits per heavy atom. The van der Waals surface area contributed by atoms with Crippen LogP contribution in [0.2, 0.25) is 0 Å². The number of alkyl halides is 3. The van der Waals surface area contributed by atoms with Crippen molar-refractivity contribution in [3.63, 3.8) is 0 Å². The van der Waals surface area contributed by atoms with E-state index in [-0.39, 0.29) is 12.5 Å². The van der Waals surface area contributed by atoms with Crippen molar-refractivity contribution in [2.45, 2.75) is 31.7 Å². The third-order valence-electron chi connectivity index (χ3n) is 4.76. The fraction of sp³-hybridized carbons (Fsp3) is 0.500. The van der Waals surface area contributed by atoms with Crippen molar-refractivity contribution in [1.29, 1.82) is 0 Å². The molecule has 1 aromatic heterocycles. The van der Waals surface area contributed by atoms with E-state index in [4.69, 9.17) is 5.11 Å². The SMILES string of the molecule is OCC(O)C1CCN(Cc2csc(-c3ccc(C(F)(F)F)cc3)n2)CC1. The number of halogens is 3. The van der Waals surface area contributed by atoms with Crippen LogP contribution in [0.15, 0.2) is 29.6 Å². The van der Waals surface area contributed by atoms with Crippen LogP contribution in [0.4, 0.5) is 13.2 Å². The molecule has 2 aromatic rings. The second kappa shape index (κ2) is 8.04. The van der Waals surface area contributed by atoms with Crippen LogP contribution >= 0.6 is 11.3 Å². The highest BCUT2D eigenvalue weighted by Crippen LogP contribution is 2.32. The fourth-order valence-corrected chi connectivity index (χ4v) is 4.00. The third kappa shape index (κ3) is 4.62. The van der Waals surface area contributed by atoms with Crippen LogP contribution in [0.5, 0.6) is 0 Å². The van der Waals surface area contributed by atoms with E-state index in [1.807, 2.05) is 5.38 Å². The molecule has 1 unspecified atom stereocenters. The van der Waals surface area contributed by atoms with Crippen LogP contribution in [0.1, 0.15) is 24.1 Å². The van der Waals surface area contributed by atoms with Crippen LogP contribution in [0.25, 0.3) is 10.6 Å². The average molecular weight is 386 g/mol. The highest BCUT2D eigenvalue weighted by Gasteiger charge is 2.30. The molecule has 1 aliphatic rings. The maximum atomic E-state index is 12.6. The Morgan fingerprint density at radius 3 is 2.42 bits per heavy atom. The molecule has 1 atom stereocenters. The lowest BCUT2D eigenvalue weighted by molar-refractivity contribution is -0.137. The van der Waals surface area contributed by atoms with Gasteiger partial charge in [0.2, 0.25) is 0 Å². The zero-order chi connectivity index (χ0) is 18.7. The summed E-state index contributed by atoms with van der Waals surface area (Å²) in [7, 11) is 0. The van der Waals surface area contributed by atoms with E-state index < -0.39 is 17.8 Å². The lowest BCUT2D eigenvalue weighted by Gasteiger charge is -2.33. The minimum Gasteiger partial charge on any atom is -0.394 e.